The SMILES string of the molecule is CC[C@@H](NC(=O)OCc1ccccc1)C(=O)N[C@@H](Cc1c[nH]c2ccccc12)C(=O)N[C@@H](Cc1ccccc1)C(=O)C1(C)CO1. The van der Waals surface area contributed by atoms with Crippen molar-refractivity contribution in [1.29, 1.82) is 0 Å². The summed E-state index contributed by atoms with van der Waals surface area (Å²) in [6.07, 6.45) is 1.74. The molecule has 0 aliphatic carbocycles. The van der Waals surface area contributed by atoms with E-state index in [1.54, 1.807) is 20.0 Å². The van der Waals surface area contributed by atoms with Gasteiger partial charge < -0.3 is 30.4 Å². The maximum absolute atomic E-state index is 13.9. The quantitative estimate of drug-likeness (QED) is 0.159. The third kappa shape index (κ3) is 8.16. The highest BCUT2D eigenvalue weighted by molar-refractivity contribution is 5.98. The molecule has 4 aromatic rings. The summed E-state index contributed by atoms with van der Waals surface area (Å²) in [5, 5.41) is 9.26. The topological polar surface area (TPSA) is 142 Å². The van der Waals surface area contributed by atoms with Crippen molar-refractivity contribution in [3.63, 3.8) is 0 Å². The number of aromatic amines is 1. The maximum Gasteiger partial charge on any atom is 0.408 e. The number of H-pyrrole nitrogens is 1. The van der Waals surface area contributed by atoms with Crippen LogP contribution in [-0.4, -0.2) is 59.0 Å². The number of amides is 3. The summed E-state index contributed by atoms with van der Waals surface area (Å²) in [6, 6.07) is 23.4. The van der Waals surface area contributed by atoms with Crippen molar-refractivity contribution >= 4 is 34.6 Å². The number of benzene rings is 3. The number of nitrogens with one attached hydrogen (secondary N) is 4. The maximum atomic E-state index is 13.9. The molecule has 0 saturated carbocycles. The van der Waals surface area contributed by atoms with Crippen molar-refractivity contribution < 1.29 is 28.7 Å². The van der Waals surface area contributed by atoms with E-state index in [9.17, 15) is 19.2 Å². The molecule has 45 heavy (non-hydrogen) atoms. The van der Waals surface area contributed by atoms with E-state index in [2.05, 4.69) is 20.9 Å². The number of carbonyl (C=O) groups is 4. The summed E-state index contributed by atoms with van der Waals surface area (Å²) >= 11 is 0. The first-order valence-corrected chi connectivity index (χ1v) is 15.1. The molecule has 1 saturated heterocycles. The van der Waals surface area contributed by atoms with Crippen LogP contribution in [0.4, 0.5) is 4.79 Å². The normalized spacial score (nSPS) is 17.5. The number of para-hydroxylation sites is 1. The van der Waals surface area contributed by atoms with E-state index in [-0.39, 0.29) is 38.3 Å². The molecule has 1 fully saturated rings. The molecule has 0 bridgehead atoms. The van der Waals surface area contributed by atoms with E-state index in [1.165, 1.54) is 0 Å². The standard InChI is InChI=1S/C35H38N4O6/c1-3-27(39-34(43)44-21-24-14-8-5-9-15-24)32(41)38-30(19-25-20-36-28-17-11-10-16-26(25)28)33(42)37-29(31(40)35(2)22-45-35)18-23-12-6-4-7-13-23/h4-17,20,27,29-30,36H,3,18-19,21-22H2,1-2H3,(H,37,42)(H,38,41)(H,39,43)/t27-,29+,30+,35?/m1/s1. The summed E-state index contributed by atoms with van der Waals surface area (Å²) in [5.41, 5.74) is 2.44. The number of carbonyl (C=O) groups excluding carboxylic acids is 4. The molecule has 3 aromatic carbocycles. The van der Waals surface area contributed by atoms with Crippen molar-refractivity contribution in [2.24, 2.45) is 0 Å². The van der Waals surface area contributed by atoms with Gasteiger partial charge in [0, 0.05) is 23.5 Å². The summed E-state index contributed by atoms with van der Waals surface area (Å²) < 4.78 is 10.7. The highest BCUT2D eigenvalue weighted by Crippen LogP contribution is 2.29. The number of ketones is 1. The fourth-order valence-corrected chi connectivity index (χ4v) is 5.21. The van der Waals surface area contributed by atoms with Crippen LogP contribution >= 0.6 is 0 Å². The monoisotopic (exact) mass is 610 g/mol. The van der Waals surface area contributed by atoms with Crippen LogP contribution in [0.5, 0.6) is 0 Å². The van der Waals surface area contributed by atoms with Gasteiger partial charge in [-0.3, -0.25) is 14.4 Å². The Balaban J connectivity index is 1.33. The van der Waals surface area contributed by atoms with E-state index < -0.39 is 41.6 Å². The van der Waals surface area contributed by atoms with Gasteiger partial charge in [0.2, 0.25) is 11.8 Å². The molecule has 4 N–H and O–H groups in total. The van der Waals surface area contributed by atoms with Crippen molar-refractivity contribution in [2.45, 2.75) is 63.4 Å². The molecule has 5 rings (SSSR count). The van der Waals surface area contributed by atoms with Gasteiger partial charge in [0.25, 0.3) is 0 Å². The number of alkyl carbamates (subject to hydrolysis) is 1. The van der Waals surface area contributed by atoms with Gasteiger partial charge in [0.05, 0.1) is 12.6 Å². The molecule has 3 amide bonds. The number of hydrogen-bond donors (Lipinski definition) is 4. The number of rotatable bonds is 14. The number of epoxide rings is 1. The third-order valence-electron chi connectivity index (χ3n) is 7.98. The van der Waals surface area contributed by atoms with Crippen molar-refractivity contribution in [2.75, 3.05) is 6.61 Å². The van der Waals surface area contributed by atoms with Gasteiger partial charge in [0.1, 0.15) is 24.3 Å². The highest BCUT2D eigenvalue weighted by atomic mass is 16.6. The summed E-state index contributed by atoms with van der Waals surface area (Å²) in [7, 11) is 0. The number of aromatic nitrogens is 1. The Hall–Kier alpha value is -4.96. The number of hydrogen-bond acceptors (Lipinski definition) is 6. The lowest BCUT2D eigenvalue weighted by Crippen LogP contribution is -2.57. The highest BCUT2D eigenvalue weighted by Gasteiger charge is 2.50. The predicted molar refractivity (Wildman–Crippen MR) is 169 cm³/mol. The number of fused-ring (bicyclic) bond motifs is 1. The van der Waals surface area contributed by atoms with E-state index in [0.717, 1.165) is 27.6 Å². The zero-order valence-electron chi connectivity index (χ0n) is 25.4. The Kier molecular flexibility index (Phi) is 9.94. The number of ether oxygens (including phenoxy) is 2. The third-order valence-corrected chi connectivity index (χ3v) is 7.98. The van der Waals surface area contributed by atoms with Gasteiger partial charge in [0.15, 0.2) is 5.78 Å². The molecule has 4 atom stereocenters. The van der Waals surface area contributed by atoms with Gasteiger partial charge in [-0.2, -0.15) is 0 Å². The molecule has 1 aromatic heterocycles. The lowest BCUT2D eigenvalue weighted by molar-refractivity contribution is -0.133. The van der Waals surface area contributed by atoms with E-state index in [4.69, 9.17) is 9.47 Å². The molecule has 1 aliphatic rings. The first kappa shape index (κ1) is 31.5. The molecule has 10 nitrogen and oxygen atoms in total. The fourth-order valence-electron chi connectivity index (χ4n) is 5.21. The first-order chi connectivity index (χ1) is 21.8. The Morgan fingerprint density at radius 3 is 2.07 bits per heavy atom. The Morgan fingerprint density at radius 2 is 1.40 bits per heavy atom. The molecule has 0 spiro atoms. The fraction of sp³-hybridized carbons (Fsp3) is 0.314. The van der Waals surface area contributed by atoms with Crippen LogP contribution in [0, 0.1) is 0 Å². The summed E-state index contributed by atoms with van der Waals surface area (Å²) in [6.45, 7) is 3.79. The lowest BCUT2D eigenvalue weighted by atomic mass is 9.94. The second kappa shape index (κ2) is 14.2. The summed E-state index contributed by atoms with van der Waals surface area (Å²) in [4.78, 5) is 56.7. The van der Waals surface area contributed by atoms with Crippen molar-refractivity contribution in [3.8, 4) is 0 Å². The lowest BCUT2D eigenvalue weighted by Gasteiger charge is -2.25. The molecular formula is C35H38N4O6. The second-order valence-electron chi connectivity index (χ2n) is 11.4. The largest absolute Gasteiger partial charge is 0.445 e. The molecule has 1 unspecified atom stereocenters. The van der Waals surface area contributed by atoms with Crippen LogP contribution in [0.25, 0.3) is 10.9 Å². The minimum atomic E-state index is -1.05. The van der Waals surface area contributed by atoms with Crippen LogP contribution in [-0.2, 0) is 43.3 Å². The Bertz CT molecular complexity index is 1630. The zero-order chi connectivity index (χ0) is 31.8. The van der Waals surface area contributed by atoms with Crippen LogP contribution in [0.1, 0.15) is 37.0 Å². The predicted octanol–water partition coefficient (Wildman–Crippen LogP) is 3.99. The minimum Gasteiger partial charge on any atom is -0.445 e. The Morgan fingerprint density at radius 1 is 0.800 bits per heavy atom. The van der Waals surface area contributed by atoms with Crippen LogP contribution in [0.2, 0.25) is 0 Å². The van der Waals surface area contributed by atoms with Gasteiger partial charge in [-0.15, -0.1) is 0 Å². The first-order valence-electron chi connectivity index (χ1n) is 15.1. The average molecular weight is 611 g/mol. The molecule has 234 valence electrons. The Labute approximate surface area is 261 Å². The molecule has 2 heterocycles. The van der Waals surface area contributed by atoms with Crippen LogP contribution in [0.3, 0.4) is 0 Å². The van der Waals surface area contributed by atoms with Gasteiger partial charge in [-0.25, -0.2) is 4.79 Å². The zero-order valence-corrected chi connectivity index (χ0v) is 25.4. The van der Waals surface area contributed by atoms with E-state index >= 15 is 0 Å². The van der Waals surface area contributed by atoms with Crippen LogP contribution < -0.4 is 16.0 Å². The smallest absolute Gasteiger partial charge is 0.408 e. The molecule has 10 heteroatoms. The molecular weight excluding hydrogens is 572 g/mol. The summed E-state index contributed by atoms with van der Waals surface area (Å²) in [5.74, 6) is -1.29. The van der Waals surface area contributed by atoms with Crippen molar-refractivity contribution in [1.82, 2.24) is 20.9 Å². The average Bonchev–Trinajstić information content (AvgIpc) is 3.69. The molecule has 1 aliphatic heterocycles. The van der Waals surface area contributed by atoms with Crippen molar-refractivity contribution in [3.05, 3.63) is 108 Å². The van der Waals surface area contributed by atoms with E-state index in [1.807, 2.05) is 84.9 Å². The molecule has 0 radical (unpaired) electrons. The minimum absolute atomic E-state index is 0.0514. The van der Waals surface area contributed by atoms with Crippen LogP contribution in [0.15, 0.2) is 91.1 Å². The van der Waals surface area contributed by atoms with Gasteiger partial charge in [-0.05, 0) is 42.5 Å². The van der Waals surface area contributed by atoms with E-state index in [0.29, 0.717) is 0 Å². The van der Waals surface area contributed by atoms with Gasteiger partial charge >= 0.3 is 6.09 Å². The van der Waals surface area contributed by atoms with Gasteiger partial charge in [-0.1, -0.05) is 85.8 Å². The number of Topliss-reactive ketones (excluding diaryl/α,β-unsaturated/α-hetero) is 1. The second-order valence-corrected chi connectivity index (χ2v) is 11.4.